The van der Waals surface area contributed by atoms with Gasteiger partial charge in [-0.3, -0.25) is 0 Å². The Hall–Kier alpha value is -0.0738. The minimum atomic E-state index is -1.50. The third-order valence-electron chi connectivity index (χ3n) is 0. The van der Waals surface area contributed by atoms with E-state index in [2.05, 4.69) is 0 Å². The number of hydrogen-bond donors (Lipinski definition) is 1. The Morgan fingerprint density at radius 3 is 1.83 bits per heavy atom. The summed E-state index contributed by atoms with van der Waals surface area (Å²) in [4.78, 5) is 8.36. The predicted molar refractivity (Wildman–Crippen MR) is 20.4 cm³/mol. The van der Waals surface area contributed by atoms with Crippen LogP contribution in [0.15, 0.2) is 0 Å². The first-order chi connectivity index (χ1) is 1.73. The van der Waals surface area contributed by atoms with Crippen molar-refractivity contribution in [1.82, 2.24) is 0 Å². The van der Waals surface area contributed by atoms with E-state index in [-0.39, 0.29) is 31.4 Å². The Morgan fingerprint density at radius 1 is 1.83 bits per heavy atom. The standard InChI is InChI=1S/Mg.HNO3.H2O.2H/c;2-1(3)4;;;/h;(H,2,3,4);1H2;;/q+2;;;2*-1. The van der Waals surface area contributed by atoms with Gasteiger partial charge in [0.2, 0.25) is 0 Å². The fraction of sp³-hybridized carbons (Fsp3) is 0. The molecular formula is H5MgNO4. The smallest absolute Gasteiger partial charge is 1.00 e. The first-order valence-corrected chi connectivity index (χ1v) is 0.565. The van der Waals surface area contributed by atoms with E-state index in [0.29, 0.717) is 0 Å². The molecule has 6 heteroatoms. The summed E-state index contributed by atoms with van der Waals surface area (Å²) in [6.07, 6.45) is 0. The Kier molecular flexibility index (Phi) is 24.8. The van der Waals surface area contributed by atoms with Gasteiger partial charge in [0.05, 0.1) is 0 Å². The molecule has 0 rings (SSSR count). The van der Waals surface area contributed by atoms with Gasteiger partial charge in [0, 0.05) is 0 Å². The van der Waals surface area contributed by atoms with Gasteiger partial charge in [0.1, 0.15) is 0 Å². The van der Waals surface area contributed by atoms with Crippen molar-refractivity contribution >= 4 is 23.1 Å². The van der Waals surface area contributed by atoms with E-state index in [9.17, 15) is 0 Å². The maximum Gasteiger partial charge on any atom is 2.00 e. The molecule has 0 radical (unpaired) electrons. The molecule has 0 aromatic heterocycles. The van der Waals surface area contributed by atoms with Crippen molar-refractivity contribution in [2.24, 2.45) is 0 Å². The summed E-state index contributed by atoms with van der Waals surface area (Å²) in [5.74, 6) is 0. The number of nitrogens with zero attached hydrogens (tertiary/aromatic N) is 1. The van der Waals surface area contributed by atoms with Crippen LogP contribution >= 0.6 is 0 Å². The largest absolute Gasteiger partial charge is 2.00 e. The first-order valence-electron chi connectivity index (χ1n) is 0.565. The van der Waals surface area contributed by atoms with E-state index in [1.54, 1.807) is 0 Å². The van der Waals surface area contributed by atoms with Gasteiger partial charge in [-0.25, -0.2) is 0 Å². The van der Waals surface area contributed by atoms with Crippen LogP contribution in [0, 0.1) is 10.1 Å². The molecule has 0 spiro atoms. The summed E-state index contributed by atoms with van der Waals surface area (Å²) < 4.78 is 0. The van der Waals surface area contributed by atoms with Crippen molar-refractivity contribution in [3.63, 3.8) is 0 Å². The van der Waals surface area contributed by atoms with Crippen LogP contribution in [0.25, 0.3) is 0 Å². The Bertz CT molecular complexity index is 37.0. The van der Waals surface area contributed by atoms with Gasteiger partial charge < -0.3 is 13.5 Å². The van der Waals surface area contributed by atoms with Gasteiger partial charge in [-0.15, -0.1) is 10.1 Å². The topological polar surface area (TPSA) is 94.9 Å². The molecular weight excluding hydrogens is 102 g/mol. The summed E-state index contributed by atoms with van der Waals surface area (Å²) in [5.41, 5.74) is 0. The summed E-state index contributed by atoms with van der Waals surface area (Å²) in [5, 5.41) is 13.6. The van der Waals surface area contributed by atoms with E-state index in [4.69, 9.17) is 15.3 Å². The molecule has 0 fully saturated rings. The van der Waals surface area contributed by atoms with Crippen LogP contribution in [0.1, 0.15) is 2.85 Å². The average molecular weight is 107 g/mol. The number of rotatable bonds is 0. The van der Waals surface area contributed by atoms with E-state index < -0.39 is 5.09 Å². The zero-order valence-electron chi connectivity index (χ0n) is 4.92. The molecule has 0 aromatic carbocycles. The zero-order valence-corrected chi connectivity index (χ0v) is 4.33. The Labute approximate surface area is 52.5 Å². The van der Waals surface area contributed by atoms with Gasteiger partial charge in [0.25, 0.3) is 5.09 Å². The normalized spacial score (nSPS) is 4.00. The van der Waals surface area contributed by atoms with Crippen molar-refractivity contribution < 1.29 is 18.6 Å². The molecule has 0 bridgehead atoms. The third-order valence-corrected chi connectivity index (χ3v) is 0. The summed E-state index contributed by atoms with van der Waals surface area (Å²) >= 11 is 0. The molecule has 0 amide bonds. The van der Waals surface area contributed by atoms with Crippen molar-refractivity contribution in [2.75, 3.05) is 0 Å². The van der Waals surface area contributed by atoms with Gasteiger partial charge in [0.15, 0.2) is 0 Å². The van der Waals surface area contributed by atoms with Gasteiger partial charge in [-0.2, -0.15) is 0 Å². The molecule has 0 aromatic rings. The van der Waals surface area contributed by atoms with E-state index in [0.717, 1.165) is 0 Å². The SMILES string of the molecule is O.O=[N+]([O-])O.[H-].[H-].[Mg+2]. The van der Waals surface area contributed by atoms with Crippen molar-refractivity contribution in [2.45, 2.75) is 0 Å². The van der Waals surface area contributed by atoms with Crippen molar-refractivity contribution in [3.05, 3.63) is 10.1 Å². The second-order valence-electron chi connectivity index (χ2n) is 0.238. The minimum Gasteiger partial charge on any atom is -1.00 e. The second kappa shape index (κ2) is 8.87. The van der Waals surface area contributed by atoms with Crippen LogP contribution in [0.2, 0.25) is 0 Å². The summed E-state index contributed by atoms with van der Waals surface area (Å²) in [6, 6.07) is 0. The minimum absolute atomic E-state index is 0. The molecule has 0 atom stereocenters. The number of hydrogen-bond acceptors (Lipinski definition) is 2. The van der Waals surface area contributed by atoms with Gasteiger partial charge >= 0.3 is 23.1 Å². The molecule has 0 saturated carbocycles. The molecule has 36 valence electrons. The first kappa shape index (κ1) is 16.8. The average Bonchev–Trinajstić information content (AvgIpc) is 0.811. The van der Waals surface area contributed by atoms with Crippen LogP contribution < -0.4 is 0 Å². The summed E-state index contributed by atoms with van der Waals surface area (Å²) in [7, 11) is 0. The zero-order chi connectivity index (χ0) is 3.58. The summed E-state index contributed by atoms with van der Waals surface area (Å²) in [6.45, 7) is 0. The monoisotopic (exact) mass is 107 g/mol. The molecule has 0 saturated heterocycles. The van der Waals surface area contributed by atoms with Crippen LogP contribution in [-0.2, 0) is 0 Å². The van der Waals surface area contributed by atoms with Crippen LogP contribution in [0.4, 0.5) is 0 Å². The van der Waals surface area contributed by atoms with Crippen LogP contribution in [-0.4, -0.2) is 38.8 Å². The molecule has 6 heavy (non-hydrogen) atoms. The molecule has 0 aliphatic carbocycles. The van der Waals surface area contributed by atoms with Crippen molar-refractivity contribution in [3.8, 4) is 0 Å². The van der Waals surface area contributed by atoms with Crippen molar-refractivity contribution in [1.29, 1.82) is 0 Å². The van der Waals surface area contributed by atoms with E-state index >= 15 is 0 Å². The molecule has 0 unspecified atom stereocenters. The molecule has 5 nitrogen and oxygen atoms in total. The fourth-order valence-electron chi connectivity index (χ4n) is 0. The van der Waals surface area contributed by atoms with Gasteiger partial charge in [-0.05, 0) is 0 Å². The van der Waals surface area contributed by atoms with E-state index in [1.165, 1.54) is 0 Å². The Balaban J connectivity index is -0.00000000750. The second-order valence-corrected chi connectivity index (χ2v) is 0.238. The maximum absolute atomic E-state index is 8.36. The Morgan fingerprint density at radius 2 is 1.83 bits per heavy atom. The molecule has 3 N–H and O–H groups in total. The quantitative estimate of drug-likeness (QED) is 0.236. The van der Waals surface area contributed by atoms with E-state index in [1.807, 2.05) is 0 Å². The van der Waals surface area contributed by atoms with Crippen LogP contribution in [0.3, 0.4) is 0 Å². The predicted octanol–water partition coefficient (Wildman–Crippen LogP) is -1.33. The molecule has 0 heterocycles. The third kappa shape index (κ3) is 6180. The molecule has 0 aliphatic heterocycles. The van der Waals surface area contributed by atoms with Crippen LogP contribution in [0.5, 0.6) is 0 Å². The van der Waals surface area contributed by atoms with Gasteiger partial charge in [-0.1, -0.05) is 0 Å². The fourth-order valence-corrected chi connectivity index (χ4v) is 0. The maximum atomic E-state index is 8.36. The molecule has 0 aliphatic rings.